The Morgan fingerprint density at radius 1 is 0.833 bits per heavy atom. The predicted molar refractivity (Wildman–Crippen MR) is 110 cm³/mol. The van der Waals surface area contributed by atoms with Crippen LogP contribution in [0.5, 0.6) is 0 Å². The number of imidazole rings is 1. The zero-order valence-corrected chi connectivity index (χ0v) is 15.4. The van der Waals surface area contributed by atoms with Gasteiger partial charge in [0.1, 0.15) is 16.9 Å². The number of nitrogens with one attached hydrogen (secondary N) is 3. The maximum absolute atomic E-state index is 14.4. The summed E-state index contributed by atoms with van der Waals surface area (Å²) in [5.74, 6) is 0.201. The number of fused-ring (bicyclic) bond motifs is 2. The lowest BCUT2D eigenvalue weighted by Crippen LogP contribution is -1.87. The SMILES string of the molecule is Fc1ccccc1-c1cncc2[nH]c(-c3n[nH]c4ccc(-c5cn[nH]c5)nc34)nc12. The number of pyridine rings is 2. The van der Waals surface area contributed by atoms with Crippen molar-refractivity contribution >= 4 is 22.1 Å². The zero-order chi connectivity index (χ0) is 20.1. The molecule has 0 aliphatic rings. The van der Waals surface area contributed by atoms with E-state index in [1.165, 1.54) is 6.07 Å². The summed E-state index contributed by atoms with van der Waals surface area (Å²) in [5, 5.41) is 14.2. The number of aromatic nitrogens is 8. The Morgan fingerprint density at radius 3 is 2.63 bits per heavy atom. The summed E-state index contributed by atoms with van der Waals surface area (Å²) in [5.41, 5.74) is 6.04. The third-order valence-corrected chi connectivity index (χ3v) is 4.98. The van der Waals surface area contributed by atoms with Gasteiger partial charge in [-0.1, -0.05) is 18.2 Å². The fourth-order valence-electron chi connectivity index (χ4n) is 3.54. The molecule has 1 aromatic carbocycles. The number of hydrogen-bond acceptors (Lipinski definition) is 5. The van der Waals surface area contributed by atoms with Gasteiger partial charge in [0.2, 0.25) is 0 Å². The highest BCUT2D eigenvalue weighted by Crippen LogP contribution is 2.32. The number of benzene rings is 1. The van der Waals surface area contributed by atoms with Crippen LogP contribution in [0.1, 0.15) is 0 Å². The van der Waals surface area contributed by atoms with E-state index in [2.05, 4.69) is 30.4 Å². The highest BCUT2D eigenvalue weighted by Gasteiger charge is 2.18. The number of H-pyrrole nitrogens is 3. The van der Waals surface area contributed by atoms with Crippen LogP contribution < -0.4 is 0 Å². The second-order valence-corrected chi connectivity index (χ2v) is 6.80. The average Bonchev–Trinajstić information content (AvgIpc) is 3.51. The molecule has 0 radical (unpaired) electrons. The molecule has 3 N–H and O–H groups in total. The predicted octanol–water partition coefficient (Wildman–Crippen LogP) is 4.09. The fraction of sp³-hybridized carbons (Fsp3) is 0. The van der Waals surface area contributed by atoms with Crippen molar-refractivity contribution in [2.75, 3.05) is 0 Å². The maximum Gasteiger partial charge on any atom is 0.161 e. The minimum atomic E-state index is -0.326. The van der Waals surface area contributed by atoms with Gasteiger partial charge in [0.25, 0.3) is 0 Å². The minimum Gasteiger partial charge on any atom is -0.335 e. The summed E-state index contributed by atoms with van der Waals surface area (Å²) in [6.07, 6.45) is 6.77. The van der Waals surface area contributed by atoms with Crippen molar-refractivity contribution in [1.29, 1.82) is 0 Å². The van der Waals surface area contributed by atoms with Crippen LogP contribution >= 0.6 is 0 Å². The molecular weight excluding hydrogens is 383 g/mol. The van der Waals surface area contributed by atoms with E-state index in [0.717, 1.165) is 16.8 Å². The highest BCUT2D eigenvalue weighted by atomic mass is 19.1. The molecule has 5 aromatic heterocycles. The lowest BCUT2D eigenvalue weighted by Gasteiger charge is -2.02. The number of aromatic amines is 3. The van der Waals surface area contributed by atoms with Crippen LogP contribution in [0, 0.1) is 5.82 Å². The quantitative estimate of drug-likeness (QED) is 0.417. The monoisotopic (exact) mass is 396 g/mol. The van der Waals surface area contributed by atoms with E-state index in [1.54, 1.807) is 43.0 Å². The summed E-state index contributed by atoms with van der Waals surface area (Å²) < 4.78 is 14.4. The third kappa shape index (κ3) is 2.49. The van der Waals surface area contributed by atoms with E-state index in [-0.39, 0.29) is 5.82 Å². The van der Waals surface area contributed by atoms with Crippen LogP contribution in [0.25, 0.3) is 56.0 Å². The molecule has 0 atom stereocenters. The number of hydrogen-bond donors (Lipinski definition) is 3. The van der Waals surface area contributed by atoms with Crippen molar-refractivity contribution in [1.82, 2.24) is 40.3 Å². The number of nitrogens with zero attached hydrogens (tertiary/aromatic N) is 5. The fourth-order valence-corrected chi connectivity index (χ4v) is 3.54. The molecule has 30 heavy (non-hydrogen) atoms. The maximum atomic E-state index is 14.4. The highest BCUT2D eigenvalue weighted by molar-refractivity contribution is 5.95. The van der Waals surface area contributed by atoms with Gasteiger partial charge >= 0.3 is 0 Å². The number of halogens is 1. The molecular formula is C21H13FN8. The third-order valence-electron chi connectivity index (χ3n) is 4.98. The molecule has 0 amide bonds. The lowest BCUT2D eigenvalue weighted by molar-refractivity contribution is 0.631. The lowest BCUT2D eigenvalue weighted by atomic mass is 10.1. The summed E-state index contributed by atoms with van der Waals surface area (Å²) in [7, 11) is 0. The molecule has 0 spiro atoms. The molecule has 0 saturated heterocycles. The molecule has 9 heteroatoms. The van der Waals surface area contributed by atoms with Crippen molar-refractivity contribution < 1.29 is 4.39 Å². The minimum absolute atomic E-state index is 0.326. The van der Waals surface area contributed by atoms with Gasteiger partial charge in [-0.05, 0) is 18.2 Å². The van der Waals surface area contributed by atoms with Crippen molar-refractivity contribution in [2.24, 2.45) is 0 Å². The summed E-state index contributed by atoms with van der Waals surface area (Å²) in [4.78, 5) is 16.9. The van der Waals surface area contributed by atoms with Crippen LogP contribution in [-0.2, 0) is 0 Å². The Morgan fingerprint density at radius 2 is 1.77 bits per heavy atom. The molecule has 0 bridgehead atoms. The Bertz CT molecular complexity index is 1510. The van der Waals surface area contributed by atoms with Gasteiger partial charge in [0.05, 0.1) is 29.1 Å². The van der Waals surface area contributed by atoms with E-state index >= 15 is 0 Å². The first-order chi connectivity index (χ1) is 14.8. The molecule has 0 unspecified atom stereocenters. The second-order valence-electron chi connectivity index (χ2n) is 6.80. The first-order valence-corrected chi connectivity index (χ1v) is 9.21. The average molecular weight is 396 g/mol. The first-order valence-electron chi connectivity index (χ1n) is 9.21. The van der Waals surface area contributed by atoms with Gasteiger partial charge in [-0.25, -0.2) is 14.4 Å². The van der Waals surface area contributed by atoms with Gasteiger partial charge < -0.3 is 4.98 Å². The molecule has 0 aliphatic carbocycles. The van der Waals surface area contributed by atoms with Crippen molar-refractivity contribution in [3.05, 3.63) is 67.0 Å². The van der Waals surface area contributed by atoms with Crippen LogP contribution in [0.2, 0.25) is 0 Å². The summed E-state index contributed by atoms with van der Waals surface area (Å²) >= 11 is 0. The standard InChI is InChI=1S/C21H13FN8/c22-14-4-2-1-3-12(14)13-9-23-10-17-18(13)28-21(27-17)20-19-16(29-30-20)6-5-15(26-19)11-7-24-25-8-11/h1-10H,(H,24,25)(H,27,28)(H,29,30). The molecule has 0 fully saturated rings. The molecule has 6 aromatic rings. The van der Waals surface area contributed by atoms with E-state index in [0.29, 0.717) is 39.2 Å². The van der Waals surface area contributed by atoms with Gasteiger partial charge in [-0.2, -0.15) is 10.2 Å². The normalized spacial score (nSPS) is 11.5. The molecule has 144 valence electrons. The molecule has 0 saturated carbocycles. The Balaban J connectivity index is 1.54. The molecule has 0 aliphatic heterocycles. The Labute approximate surface area is 168 Å². The van der Waals surface area contributed by atoms with Gasteiger partial charge in [0.15, 0.2) is 11.5 Å². The Hall–Kier alpha value is -4.40. The Kier molecular flexibility index (Phi) is 3.48. The summed E-state index contributed by atoms with van der Waals surface area (Å²) in [6, 6.07) is 10.4. The molecule has 8 nitrogen and oxygen atoms in total. The van der Waals surface area contributed by atoms with Crippen molar-refractivity contribution in [3.63, 3.8) is 0 Å². The van der Waals surface area contributed by atoms with Crippen molar-refractivity contribution in [3.8, 4) is 33.9 Å². The van der Waals surface area contributed by atoms with Gasteiger partial charge in [0, 0.05) is 29.1 Å². The van der Waals surface area contributed by atoms with E-state index in [1.807, 2.05) is 12.1 Å². The van der Waals surface area contributed by atoms with Gasteiger partial charge in [-0.3, -0.25) is 15.2 Å². The van der Waals surface area contributed by atoms with E-state index in [9.17, 15) is 4.39 Å². The van der Waals surface area contributed by atoms with E-state index < -0.39 is 0 Å². The summed E-state index contributed by atoms with van der Waals surface area (Å²) in [6.45, 7) is 0. The van der Waals surface area contributed by atoms with Crippen molar-refractivity contribution in [2.45, 2.75) is 0 Å². The largest absolute Gasteiger partial charge is 0.335 e. The topological polar surface area (TPSA) is 112 Å². The molecule has 5 heterocycles. The first kappa shape index (κ1) is 16.5. The van der Waals surface area contributed by atoms with Crippen LogP contribution in [0.15, 0.2) is 61.2 Å². The zero-order valence-electron chi connectivity index (χ0n) is 15.4. The van der Waals surface area contributed by atoms with Gasteiger partial charge in [-0.15, -0.1) is 0 Å². The molecule has 6 rings (SSSR count). The smallest absolute Gasteiger partial charge is 0.161 e. The van der Waals surface area contributed by atoms with Crippen LogP contribution in [0.4, 0.5) is 4.39 Å². The number of rotatable bonds is 3. The van der Waals surface area contributed by atoms with Crippen LogP contribution in [0.3, 0.4) is 0 Å². The van der Waals surface area contributed by atoms with Crippen LogP contribution in [-0.4, -0.2) is 40.3 Å². The van der Waals surface area contributed by atoms with E-state index in [4.69, 9.17) is 9.97 Å². The second kappa shape index (κ2) is 6.31.